The molecule has 1 fully saturated rings. The van der Waals surface area contributed by atoms with Gasteiger partial charge in [0.2, 0.25) is 14.3 Å². The van der Waals surface area contributed by atoms with Crippen molar-refractivity contribution in [2.75, 3.05) is 16.4 Å². The number of rotatable bonds is 8. The van der Waals surface area contributed by atoms with Gasteiger partial charge in [-0.1, -0.05) is 67.6 Å². The molecule has 4 aliphatic heterocycles. The normalized spacial score (nSPS) is 23.8. The van der Waals surface area contributed by atoms with E-state index in [1.54, 1.807) is 16.7 Å². The van der Waals surface area contributed by atoms with Crippen LogP contribution in [0.5, 0.6) is 0 Å². The number of ether oxygens (including phenoxy) is 1. The molecule has 3 amide bonds. The number of benzene rings is 5. The molecule has 0 aliphatic carbocycles. The summed E-state index contributed by atoms with van der Waals surface area (Å²) in [6, 6.07) is 30.2. The molecule has 13 heteroatoms. The fourth-order valence-corrected chi connectivity index (χ4v) is 12.5. The molecule has 290 valence electrons. The van der Waals surface area contributed by atoms with Crippen LogP contribution in [0.4, 0.5) is 26.9 Å². The van der Waals surface area contributed by atoms with Gasteiger partial charge in [-0.2, -0.15) is 0 Å². The average Bonchev–Trinajstić information content (AvgIpc) is 3.75. The number of carbonyl (C=O) groups is 3. The van der Waals surface area contributed by atoms with Gasteiger partial charge in [0.05, 0.1) is 53.6 Å². The predicted octanol–water partition coefficient (Wildman–Crippen LogP) is 7.70. The van der Waals surface area contributed by atoms with Crippen LogP contribution in [0.15, 0.2) is 103 Å². The zero-order valence-corrected chi connectivity index (χ0v) is 32.7. The first kappa shape index (κ1) is 36.9. The Labute approximate surface area is 329 Å². The van der Waals surface area contributed by atoms with Crippen LogP contribution in [0.2, 0.25) is 18.6 Å². The number of carbonyl (C=O) groups excluding carboxylic acids is 3. The van der Waals surface area contributed by atoms with Crippen molar-refractivity contribution in [2.45, 2.75) is 69.2 Å². The lowest BCUT2D eigenvalue weighted by atomic mass is 9.82. The van der Waals surface area contributed by atoms with Crippen LogP contribution in [0.25, 0.3) is 10.8 Å². The van der Waals surface area contributed by atoms with E-state index in [9.17, 15) is 24.8 Å². The molecule has 4 heterocycles. The van der Waals surface area contributed by atoms with Crippen molar-refractivity contribution in [3.8, 4) is 0 Å². The predicted molar refractivity (Wildman–Crippen MR) is 215 cm³/mol. The molecule has 0 saturated carbocycles. The number of fused-ring (bicyclic) bond motifs is 3. The van der Waals surface area contributed by atoms with Gasteiger partial charge >= 0.3 is 0 Å². The van der Waals surface area contributed by atoms with Gasteiger partial charge in [-0.25, -0.2) is 0 Å². The third-order valence-electron chi connectivity index (χ3n) is 12.5. The van der Waals surface area contributed by atoms with Gasteiger partial charge in [0.1, 0.15) is 0 Å². The van der Waals surface area contributed by atoms with E-state index >= 15 is 8.90 Å². The second kappa shape index (κ2) is 13.4. The van der Waals surface area contributed by atoms with Gasteiger partial charge < -0.3 is 23.8 Å². The first-order valence-electron chi connectivity index (χ1n) is 19.2. The number of halogens is 1. The van der Waals surface area contributed by atoms with Crippen molar-refractivity contribution in [3.63, 3.8) is 0 Å². The summed E-state index contributed by atoms with van der Waals surface area (Å²) < 4.78 is 23.5. The molecule has 0 radical (unpaired) electrons. The summed E-state index contributed by atoms with van der Waals surface area (Å²) >= 11 is 0. The Kier molecular flexibility index (Phi) is 8.68. The maximum absolute atomic E-state index is 16.7. The number of nitro groups is 1. The van der Waals surface area contributed by atoms with Crippen molar-refractivity contribution in [3.05, 3.63) is 141 Å². The van der Waals surface area contributed by atoms with Crippen LogP contribution in [0, 0.1) is 16.0 Å². The lowest BCUT2D eigenvalue weighted by molar-refractivity contribution is -0.385. The third-order valence-corrected chi connectivity index (χ3v) is 14.9. The molecule has 1 saturated heterocycles. The molecule has 1 N–H and O–H groups in total. The summed E-state index contributed by atoms with van der Waals surface area (Å²) in [7, 11) is -3.69. The summed E-state index contributed by atoms with van der Waals surface area (Å²) in [5, 5.41) is 24.3. The Morgan fingerprint density at radius 1 is 0.965 bits per heavy atom. The summed E-state index contributed by atoms with van der Waals surface area (Å²) in [6.07, 6.45) is -0.772. The number of aliphatic hydroxyl groups is 1. The SMILES string of the molecule is C[C@H]1[C@H]([Si](C)(C)F)[C@@H](CC(=O)N2Cc3ccccc3C[C@H]2CO)O[C@]12C(=O)N(Cc1cccc(N3C(=O)c4cccc5cccc3c45)c1)c1ccc([N+](=O)[O-])cc12. The third kappa shape index (κ3) is 5.70. The fraction of sp³-hybridized carbons (Fsp3) is 0.295. The average molecular weight is 785 g/mol. The van der Waals surface area contributed by atoms with Gasteiger partial charge in [0.25, 0.3) is 17.5 Å². The molecule has 0 bridgehead atoms. The van der Waals surface area contributed by atoms with Crippen LogP contribution in [-0.4, -0.2) is 59.8 Å². The van der Waals surface area contributed by atoms with E-state index < -0.39 is 48.4 Å². The molecule has 4 aliphatic rings. The first-order chi connectivity index (χ1) is 27.3. The van der Waals surface area contributed by atoms with Crippen molar-refractivity contribution in [1.82, 2.24) is 4.90 Å². The second-order valence-electron chi connectivity index (χ2n) is 16.1. The summed E-state index contributed by atoms with van der Waals surface area (Å²) in [6.45, 7) is 4.89. The molecule has 1 spiro atoms. The molecular weight excluding hydrogens is 744 g/mol. The number of anilines is 3. The van der Waals surface area contributed by atoms with Crippen molar-refractivity contribution >= 4 is 59.7 Å². The Hall–Kier alpha value is -5.76. The molecule has 0 unspecified atom stereocenters. The van der Waals surface area contributed by atoms with Gasteiger partial charge in [-0.15, -0.1) is 0 Å². The minimum absolute atomic E-state index is 0.0323. The molecule has 11 nitrogen and oxygen atoms in total. The van der Waals surface area contributed by atoms with Crippen molar-refractivity contribution in [2.24, 2.45) is 5.92 Å². The van der Waals surface area contributed by atoms with Crippen LogP contribution in [0.1, 0.15) is 46.0 Å². The molecular formula is C44H41FN4O7Si. The monoisotopic (exact) mass is 784 g/mol. The van der Waals surface area contributed by atoms with Crippen molar-refractivity contribution in [1.29, 1.82) is 0 Å². The number of nitro benzene ring substituents is 1. The molecule has 5 aromatic carbocycles. The van der Waals surface area contributed by atoms with Crippen LogP contribution in [-0.2, 0) is 39.4 Å². The number of aliphatic hydroxyl groups excluding tert-OH is 1. The second-order valence-corrected chi connectivity index (χ2v) is 19.9. The lowest BCUT2D eigenvalue weighted by Crippen LogP contribution is -2.48. The quantitative estimate of drug-likeness (QED) is 0.0738. The van der Waals surface area contributed by atoms with E-state index in [0.29, 0.717) is 28.9 Å². The number of nitrogens with zero attached hydrogens (tertiary/aromatic N) is 4. The number of non-ortho nitro benzene ring substituents is 1. The molecule has 5 aromatic rings. The summed E-state index contributed by atoms with van der Waals surface area (Å²) in [5.41, 5.74) is 2.47. The van der Waals surface area contributed by atoms with Crippen LogP contribution < -0.4 is 9.80 Å². The molecule has 9 rings (SSSR count). The zero-order chi connectivity index (χ0) is 40.0. The highest BCUT2D eigenvalue weighted by atomic mass is 28.4. The highest BCUT2D eigenvalue weighted by Crippen LogP contribution is 2.61. The Morgan fingerprint density at radius 2 is 1.70 bits per heavy atom. The standard InChI is InChI=1S/C44H41FN4O7Si/c1-26-41(57(2,3)45)38(22-39(51)46-24-30-11-5-4-10-29(30)20-33(46)25-50)56-44(26)35-21-32(49(54)55)17-18-36(35)47(43(44)53)23-27-9-6-14-31(19-27)48-37-16-8-13-28-12-7-15-34(40(28)37)42(48)52/h4-19,21,26,33,38,41,50H,20,22-25H2,1-3H3/t26-,33-,38+,41-,44+/m0/s1. The van der Waals surface area contributed by atoms with E-state index in [-0.39, 0.29) is 49.2 Å². The maximum Gasteiger partial charge on any atom is 0.269 e. The summed E-state index contributed by atoms with van der Waals surface area (Å²) in [5.74, 6) is -1.77. The van der Waals surface area contributed by atoms with Gasteiger partial charge in [0, 0.05) is 46.8 Å². The molecule has 5 atom stereocenters. The minimum atomic E-state index is -3.69. The van der Waals surface area contributed by atoms with Gasteiger partial charge in [-0.05, 0) is 71.9 Å². The van der Waals surface area contributed by atoms with E-state index in [1.165, 1.54) is 36.2 Å². The smallest absolute Gasteiger partial charge is 0.269 e. The maximum atomic E-state index is 16.7. The fourth-order valence-electron chi connectivity index (χ4n) is 9.99. The van der Waals surface area contributed by atoms with Crippen molar-refractivity contribution < 1.29 is 33.3 Å². The summed E-state index contributed by atoms with van der Waals surface area (Å²) in [4.78, 5) is 59.5. The van der Waals surface area contributed by atoms with Gasteiger partial charge in [-0.3, -0.25) is 29.4 Å². The number of amides is 3. The Bertz CT molecular complexity index is 2520. The Morgan fingerprint density at radius 3 is 2.44 bits per heavy atom. The van der Waals surface area contributed by atoms with Gasteiger partial charge in [0.15, 0.2) is 5.60 Å². The molecule has 57 heavy (non-hydrogen) atoms. The van der Waals surface area contributed by atoms with E-state index in [4.69, 9.17) is 4.74 Å². The molecule has 0 aromatic heterocycles. The first-order valence-corrected chi connectivity index (χ1v) is 22.2. The Balaban J connectivity index is 1.07. The van der Waals surface area contributed by atoms with E-state index in [2.05, 4.69) is 0 Å². The zero-order valence-electron chi connectivity index (χ0n) is 31.7. The van der Waals surface area contributed by atoms with E-state index in [0.717, 1.165) is 27.6 Å². The number of hydrogen-bond donors (Lipinski definition) is 1. The minimum Gasteiger partial charge on any atom is -0.394 e. The van der Waals surface area contributed by atoms with Crippen LogP contribution >= 0.6 is 0 Å². The van der Waals surface area contributed by atoms with E-state index in [1.807, 2.05) is 84.9 Å². The largest absolute Gasteiger partial charge is 0.394 e. The number of hydrogen-bond acceptors (Lipinski definition) is 7. The lowest BCUT2D eigenvalue weighted by Gasteiger charge is -2.37. The highest BCUT2D eigenvalue weighted by Gasteiger charge is 2.67. The topological polar surface area (TPSA) is 134 Å². The highest BCUT2D eigenvalue weighted by molar-refractivity contribution is 6.72. The van der Waals surface area contributed by atoms with Crippen LogP contribution in [0.3, 0.4) is 0 Å².